The molecular formula is C13H13ClN4O3. The van der Waals surface area contributed by atoms with Crippen molar-refractivity contribution >= 4 is 23.2 Å². The van der Waals surface area contributed by atoms with Crippen LogP contribution in [-0.4, -0.2) is 20.6 Å². The molecule has 1 amide bonds. The lowest BCUT2D eigenvalue weighted by Gasteiger charge is -2.05. The lowest BCUT2D eigenvalue weighted by Crippen LogP contribution is -2.23. The molecule has 0 saturated carbocycles. The topological polar surface area (TPSA) is 90.1 Å². The van der Waals surface area contributed by atoms with Crippen LogP contribution in [0.4, 0.5) is 5.69 Å². The van der Waals surface area contributed by atoms with Gasteiger partial charge in [0.1, 0.15) is 5.02 Å². The summed E-state index contributed by atoms with van der Waals surface area (Å²) >= 11 is 5.78. The molecule has 0 aliphatic carbocycles. The Bertz CT molecular complexity index is 711. The Morgan fingerprint density at radius 2 is 2.24 bits per heavy atom. The van der Waals surface area contributed by atoms with Gasteiger partial charge in [-0.3, -0.25) is 19.6 Å². The normalized spacial score (nSPS) is 10.4. The van der Waals surface area contributed by atoms with E-state index in [4.69, 9.17) is 11.6 Å². The van der Waals surface area contributed by atoms with E-state index in [1.807, 2.05) is 13.1 Å². The third kappa shape index (κ3) is 3.38. The highest BCUT2D eigenvalue weighted by molar-refractivity contribution is 6.33. The minimum atomic E-state index is -0.594. The number of hydrogen-bond donors (Lipinski definition) is 1. The Hall–Kier alpha value is -2.41. The Balaban J connectivity index is 2.09. The molecule has 0 radical (unpaired) electrons. The molecule has 0 spiro atoms. The zero-order valence-corrected chi connectivity index (χ0v) is 12.2. The van der Waals surface area contributed by atoms with E-state index < -0.39 is 4.92 Å². The summed E-state index contributed by atoms with van der Waals surface area (Å²) in [5.74, 6) is -0.352. The number of carbonyl (C=O) groups is 1. The van der Waals surface area contributed by atoms with E-state index in [2.05, 4.69) is 10.4 Å². The molecule has 1 aromatic carbocycles. The van der Waals surface area contributed by atoms with Gasteiger partial charge in [-0.25, -0.2) is 0 Å². The van der Waals surface area contributed by atoms with Crippen LogP contribution in [-0.2, 0) is 13.6 Å². The number of nitrogens with zero attached hydrogens (tertiary/aromatic N) is 3. The first kappa shape index (κ1) is 15.0. The largest absolute Gasteiger partial charge is 0.348 e. The van der Waals surface area contributed by atoms with Crippen LogP contribution in [0, 0.1) is 17.0 Å². The molecule has 1 heterocycles. The molecule has 2 aromatic rings. The van der Waals surface area contributed by atoms with E-state index in [1.165, 1.54) is 18.2 Å². The van der Waals surface area contributed by atoms with Gasteiger partial charge in [-0.2, -0.15) is 5.10 Å². The summed E-state index contributed by atoms with van der Waals surface area (Å²) < 4.78 is 1.67. The van der Waals surface area contributed by atoms with Gasteiger partial charge in [-0.05, 0) is 19.1 Å². The van der Waals surface area contributed by atoms with Crippen LogP contribution in [0.15, 0.2) is 24.4 Å². The molecule has 0 saturated heterocycles. The van der Waals surface area contributed by atoms with E-state index in [0.717, 1.165) is 11.3 Å². The molecule has 110 valence electrons. The van der Waals surface area contributed by atoms with Gasteiger partial charge < -0.3 is 5.32 Å². The van der Waals surface area contributed by atoms with E-state index in [1.54, 1.807) is 11.7 Å². The maximum Gasteiger partial charge on any atom is 0.287 e. The molecule has 0 unspecified atom stereocenters. The molecule has 21 heavy (non-hydrogen) atoms. The predicted octanol–water partition coefficient (Wildman–Crippen LogP) is 2.22. The number of carbonyl (C=O) groups excluding carboxylic acids is 1. The minimum Gasteiger partial charge on any atom is -0.348 e. The van der Waals surface area contributed by atoms with Crippen molar-refractivity contribution in [3.8, 4) is 0 Å². The SMILES string of the molecule is Cc1nn(C)cc1CNC(=O)c1ccc([N+](=O)[O-])c(Cl)c1. The summed E-state index contributed by atoms with van der Waals surface area (Å²) in [6.45, 7) is 2.18. The summed E-state index contributed by atoms with van der Waals surface area (Å²) in [4.78, 5) is 22.1. The van der Waals surface area contributed by atoms with Gasteiger partial charge in [0, 0.05) is 37.0 Å². The third-order valence-electron chi connectivity index (χ3n) is 2.96. The Labute approximate surface area is 125 Å². The Morgan fingerprint density at radius 3 is 2.76 bits per heavy atom. The van der Waals surface area contributed by atoms with Gasteiger partial charge in [-0.15, -0.1) is 0 Å². The van der Waals surface area contributed by atoms with Gasteiger partial charge in [0.2, 0.25) is 0 Å². The fourth-order valence-electron chi connectivity index (χ4n) is 1.90. The lowest BCUT2D eigenvalue weighted by molar-refractivity contribution is -0.384. The number of aryl methyl sites for hydroxylation is 2. The lowest BCUT2D eigenvalue weighted by atomic mass is 10.2. The first-order valence-electron chi connectivity index (χ1n) is 6.09. The monoisotopic (exact) mass is 308 g/mol. The van der Waals surface area contributed by atoms with E-state index in [-0.39, 0.29) is 22.2 Å². The smallest absolute Gasteiger partial charge is 0.287 e. The van der Waals surface area contributed by atoms with Crippen molar-refractivity contribution < 1.29 is 9.72 Å². The number of aromatic nitrogens is 2. The van der Waals surface area contributed by atoms with E-state index in [0.29, 0.717) is 6.54 Å². The van der Waals surface area contributed by atoms with Crippen LogP contribution in [0.25, 0.3) is 0 Å². The fraction of sp³-hybridized carbons (Fsp3) is 0.231. The standard InChI is InChI=1S/C13H13ClN4O3/c1-8-10(7-17(2)16-8)6-15-13(19)9-3-4-12(18(20)21)11(14)5-9/h3-5,7H,6H2,1-2H3,(H,15,19). The number of nitro groups is 1. The second kappa shape index (κ2) is 5.92. The summed E-state index contributed by atoms with van der Waals surface area (Å²) in [5.41, 5.74) is 1.78. The highest BCUT2D eigenvalue weighted by Gasteiger charge is 2.15. The van der Waals surface area contributed by atoms with Gasteiger partial charge in [0.15, 0.2) is 0 Å². The number of halogens is 1. The second-order valence-electron chi connectivity index (χ2n) is 4.52. The van der Waals surface area contributed by atoms with Crippen molar-refractivity contribution in [3.63, 3.8) is 0 Å². The van der Waals surface area contributed by atoms with Crippen LogP contribution < -0.4 is 5.32 Å². The number of rotatable bonds is 4. The molecule has 1 aromatic heterocycles. The summed E-state index contributed by atoms with van der Waals surface area (Å²) in [7, 11) is 1.80. The molecular weight excluding hydrogens is 296 g/mol. The summed E-state index contributed by atoms with van der Waals surface area (Å²) in [5, 5.41) is 17.5. The molecule has 1 N–H and O–H groups in total. The zero-order chi connectivity index (χ0) is 15.6. The van der Waals surface area contributed by atoms with E-state index >= 15 is 0 Å². The minimum absolute atomic E-state index is 0.0646. The maximum atomic E-state index is 12.0. The van der Waals surface area contributed by atoms with Crippen molar-refractivity contribution in [2.45, 2.75) is 13.5 Å². The van der Waals surface area contributed by atoms with Crippen molar-refractivity contribution in [2.24, 2.45) is 7.05 Å². The molecule has 0 bridgehead atoms. The third-order valence-corrected chi connectivity index (χ3v) is 3.26. The van der Waals surface area contributed by atoms with E-state index in [9.17, 15) is 14.9 Å². The van der Waals surface area contributed by atoms with Crippen molar-refractivity contribution in [1.82, 2.24) is 15.1 Å². The zero-order valence-electron chi connectivity index (χ0n) is 11.5. The highest BCUT2D eigenvalue weighted by Crippen LogP contribution is 2.24. The van der Waals surface area contributed by atoms with Gasteiger partial charge >= 0.3 is 0 Å². The van der Waals surface area contributed by atoms with Crippen molar-refractivity contribution in [3.05, 3.63) is 56.4 Å². The maximum absolute atomic E-state index is 12.0. The van der Waals surface area contributed by atoms with Gasteiger partial charge in [0.05, 0.1) is 10.6 Å². The van der Waals surface area contributed by atoms with Crippen LogP contribution in [0.5, 0.6) is 0 Å². The molecule has 0 atom stereocenters. The van der Waals surface area contributed by atoms with Gasteiger partial charge in [0.25, 0.3) is 11.6 Å². The number of hydrogen-bond acceptors (Lipinski definition) is 4. The first-order valence-corrected chi connectivity index (χ1v) is 6.47. The average Bonchev–Trinajstić information content (AvgIpc) is 2.73. The summed E-state index contributed by atoms with van der Waals surface area (Å²) in [6.07, 6.45) is 1.82. The molecule has 2 rings (SSSR count). The van der Waals surface area contributed by atoms with Crippen LogP contribution in [0.2, 0.25) is 5.02 Å². The van der Waals surface area contributed by atoms with Gasteiger partial charge in [-0.1, -0.05) is 11.6 Å². The van der Waals surface area contributed by atoms with Crippen LogP contribution >= 0.6 is 11.6 Å². The molecule has 0 fully saturated rings. The number of amides is 1. The molecule has 7 nitrogen and oxygen atoms in total. The average molecular weight is 309 g/mol. The number of benzene rings is 1. The van der Waals surface area contributed by atoms with Crippen molar-refractivity contribution in [1.29, 1.82) is 0 Å². The summed E-state index contributed by atoms with van der Waals surface area (Å²) in [6, 6.07) is 3.87. The molecule has 8 heteroatoms. The van der Waals surface area contributed by atoms with Crippen LogP contribution in [0.1, 0.15) is 21.6 Å². The second-order valence-corrected chi connectivity index (χ2v) is 4.93. The van der Waals surface area contributed by atoms with Crippen LogP contribution in [0.3, 0.4) is 0 Å². The highest BCUT2D eigenvalue weighted by atomic mass is 35.5. The Morgan fingerprint density at radius 1 is 1.52 bits per heavy atom. The number of nitrogens with one attached hydrogen (secondary N) is 1. The van der Waals surface area contributed by atoms with Crippen molar-refractivity contribution in [2.75, 3.05) is 0 Å². The number of nitro benzene ring substituents is 1. The first-order chi connectivity index (χ1) is 9.88. The predicted molar refractivity (Wildman–Crippen MR) is 77.2 cm³/mol. The fourth-order valence-corrected chi connectivity index (χ4v) is 2.15. The quantitative estimate of drug-likeness (QED) is 0.692. The molecule has 0 aliphatic rings. The Kier molecular flexibility index (Phi) is 4.23. The molecule has 0 aliphatic heterocycles.